The van der Waals surface area contributed by atoms with Crippen LogP contribution in [0.2, 0.25) is 5.02 Å². The van der Waals surface area contributed by atoms with E-state index in [1.807, 2.05) is 18.2 Å². The van der Waals surface area contributed by atoms with Crippen molar-refractivity contribution in [2.45, 2.75) is 13.0 Å². The van der Waals surface area contributed by atoms with Crippen molar-refractivity contribution in [1.82, 2.24) is 4.90 Å². The van der Waals surface area contributed by atoms with Crippen LogP contribution in [0.3, 0.4) is 0 Å². The maximum Gasteiger partial charge on any atom is 0.0639 e. The lowest BCUT2D eigenvalue weighted by Crippen LogP contribution is -2.44. The summed E-state index contributed by atoms with van der Waals surface area (Å²) >= 11 is 6.30. The van der Waals surface area contributed by atoms with Gasteiger partial charge in [-0.15, -0.1) is 0 Å². The Balaban J connectivity index is 2.24. The van der Waals surface area contributed by atoms with Crippen molar-refractivity contribution < 1.29 is 0 Å². The third-order valence-corrected chi connectivity index (χ3v) is 3.97. The second-order valence-electron chi connectivity index (χ2n) is 5.29. The number of benzene rings is 1. The van der Waals surface area contributed by atoms with Gasteiger partial charge in [-0.3, -0.25) is 0 Å². The van der Waals surface area contributed by atoms with Gasteiger partial charge in [-0.05, 0) is 25.1 Å². The summed E-state index contributed by atoms with van der Waals surface area (Å²) in [5, 5.41) is 0.824. The van der Waals surface area contributed by atoms with E-state index in [0.29, 0.717) is 18.5 Å². The predicted octanol–water partition coefficient (Wildman–Crippen LogP) is 2.06. The van der Waals surface area contributed by atoms with Crippen molar-refractivity contribution in [3.05, 3.63) is 29.3 Å². The Morgan fingerprint density at radius 1 is 1.28 bits per heavy atom. The number of rotatable bonds is 2. The first-order valence-corrected chi connectivity index (χ1v) is 6.89. The lowest BCUT2D eigenvalue weighted by Gasteiger charge is -2.29. The maximum absolute atomic E-state index is 6.30. The summed E-state index contributed by atoms with van der Waals surface area (Å²) in [4.78, 5) is 4.73. The van der Waals surface area contributed by atoms with Crippen LogP contribution in [0.4, 0.5) is 5.69 Å². The second kappa shape index (κ2) is 5.91. The fourth-order valence-electron chi connectivity index (χ4n) is 2.70. The van der Waals surface area contributed by atoms with Gasteiger partial charge in [0.05, 0.1) is 10.7 Å². The molecule has 0 radical (unpaired) electrons. The molecule has 0 bridgehead atoms. The molecule has 0 aromatic heterocycles. The number of hydrogen-bond acceptors (Lipinski definition) is 3. The van der Waals surface area contributed by atoms with Crippen LogP contribution in [0, 0.1) is 5.92 Å². The third-order valence-electron chi connectivity index (χ3n) is 3.65. The molecule has 4 heteroatoms. The van der Waals surface area contributed by atoms with Gasteiger partial charge in [0.1, 0.15) is 0 Å². The number of anilines is 1. The minimum absolute atomic E-state index is 0.395. The molecule has 2 rings (SSSR count). The van der Waals surface area contributed by atoms with Gasteiger partial charge in [-0.1, -0.05) is 30.7 Å². The van der Waals surface area contributed by atoms with E-state index < -0.39 is 0 Å². The first kappa shape index (κ1) is 13.7. The van der Waals surface area contributed by atoms with E-state index in [0.717, 1.165) is 30.3 Å². The molecule has 2 unspecified atom stereocenters. The van der Waals surface area contributed by atoms with E-state index in [-0.39, 0.29) is 0 Å². The topological polar surface area (TPSA) is 32.5 Å². The van der Waals surface area contributed by atoms with Gasteiger partial charge >= 0.3 is 0 Å². The van der Waals surface area contributed by atoms with Crippen molar-refractivity contribution in [1.29, 1.82) is 0 Å². The molecule has 2 N–H and O–H groups in total. The van der Waals surface area contributed by atoms with Crippen molar-refractivity contribution in [3.8, 4) is 0 Å². The molecule has 2 atom stereocenters. The molecule has 1 aromatic carbocycles. The summed E-state index contributed by atoms with van der Waals surface area (Å²) in [6, 6.07) is 8.45. The van der Waals surface area contributed by atoms with Gasteiger partial charge in [0.15, 0.2) is 0 Å². The van der Waals surface area contributed by atoms with Gasteiger partial charge in [0.25, 0.3) is 0 Å². The lowest BCUT2D eigenvalue weighted by molar-refractivity contribution is 0.244. The highest BCUT2D eigenvalue weighted by molar-refractivity contribution is 6.33. The molecule has 0 spiro atoms. The fourth-order valence-corrected chi connectivity index (χ4v) is 2.96. The van der Waals surface area contributed by atoms with Crippen LogP contribution in [0.1, 0.15) is 6.92 Å². The van der Waals surface area contributed by atoms with E-state index >= 15 is 0 Å². The molecule has 1 saturated heterocycles. The summed E-state index contributed by atoms with van der Waals surface area (Å²) in [6.07, 6.45) is 0. The maximum atomic E-state index is 6.30. The Labute approximate surface area is 115 Å². The zero-order valence-electron chi connectivity index (χ0n) is 11.1. The molecular weight excluding hydrogens is 246 g/mol. The molecule has 1 fully saturated rings. The molecule has 1 aromatic rings. The first-order valence-electron chi connectivity index (χ1n) is 6.51. The largest absolute Gasteiger partial charge is 0.368 e. The van der Waals surface area contributed by atoms with Crippen LogP contribution in [0.25, 0.3) is 0 Å². The Morgan fingerprint density at radius 2 is 2.00 bits per heavy atom. The summed E-state index contributed by atoms with van der Waals surface area (Å²) in [6.45, 7) is 6.03. The van der Waals surface area contributed by atoms with Gasteiger partial charge in [-0.25, -0.2) is 0 Å². The quantitative estimate of drug-likeness (QED) is 0.890. The fraction of sp³-hybridized carbons (Fsp3) is 0.571. The molecule has 0 aliphatic carbocycles. The van der Waals surface area contributed by atoms with Crippen LogP contribution in [-0.2, 0) is 0 Å². The van der Waals surface area contributed by atoms with E-state index in [2.05, 4.69) is 29.8 Å². The van der Waals surface area contributed by atoms with E-state index in [4.69, 9.17) is 17.3 Å². The highest BCUT2D eigenvalue weighted by atomic mass is 35.5. The SMILES string of the molecule is CC1CN(c2ccccc2Cl)CC(CN)N(C)C1. The second-order valence-corrected chi connectivity index (χ2v) is 5.70. The standard InChI is InChI=1S/C14H22ClN3/c1-11-8-17(2)12(7-16)10-18(9-11)14-6-4-3-5-13(14)15/h3-6,11-12H,7-10,16H2,1-2H3. The number of likely N-dealkylation sites (N-methyl/N-ethyl adjacent to an activating group) is 1. The van der Waals surface area contributed by atoms with Crippen molar-refractivity contribution >= 4 is 17.3 Å². The molecule has 0 saturated carbocycles. The lowest BCUT2D eigenvalue weighted by atomic mass is 10.1. The Kier molecular flexibility index (Phi) is 4.49. The Morgan fingerprint density at radius 3 is 2.67 bits per heavy atom. The van der Waals surface area contributed by atoms with Crippen LogP contribution in [0.5, 0.6) is 0 Å². The van der Waals surface area contributed by atoms with Crippen LogP contribution >= 0.6 is 11.6 Å². The highest BCUT2D eigenvalue weighted by Gasteiger charge is 2.25. The molecule has 1 aliphatic heterocycles. The average Bonchev–Trinajstić information content (AvgIpc) is 2.48. The molecule has 1 heterocycles. The van der Waals surface area contributed by atoms with Crippen molar-refractivity contribution in [2.24, 2.45) is 11.7 Å². The first-order chi connectivity index (χ1) is 8.61. The summed E-state index contributed by atoms with van der Waals surface area (Å²) in [5.41, 5.74) is 7.01. The van der Waals surface area contributed by atoms with E-state index in [1.165, 1.54) is 0 Å². The number of nitrogens with zero attached hydrogens (tertiary/aromatic N) is 2. The van der Waals surface area contributed by atoms with Crippen LogP contribution < -0.4 is 10.6 Å². The minimum Gasteiger partial charge on any atom is -0.368 e. The number of hydrogen-bond donors (Lipinski definition) is 1. The minimum atomic E-state index is 0.395. The average molecular weight is 268 g/mol. The van der Waals surface area contributed by atoms with Gasteiger partial charge in [0, 0.05) is 32.2 Å². The Hall–Kier alpha value is -0.770. The molecule has 3 nitrogen and oxygen atoms in total. The molecule has 0 amide bonds. The zero-order chi connectivity index (χ0) is 13.1. The van der Waals surface area contributed by atoms with E-state index in [1.54, 1.807) is 0 Å². The smallest absolute Gasteiger partial charge is 0.0639 e. The molecule has 18 heavy (non-hydrogen) atoms. The van der Waals surface area contributed by atoms with Gasteiger partial charge < -0.3 is 15.5 Å². The van der Waals surface area contributed by atoms with Crippen LogP contribution in [-0.4, -0.2) is 44.2 Å². The zero-order valence-corrected chi connectivity index (χ0v) is 11.9. The molecular formula is C14H22ClN3. The third kappa shape index (κ3) is 2.97. The predicted molar refractivity (Wildman–Crippen MR) is 78.3 cm³/mol. The monoisotopic (exact) mass is 267 g/mol. The summed E-state index contributed by atoms with van der Waals surface area (Å²) < 4.78 is 0. The summed E-state index contributed by atoms with van der Waals surface area (Å²) in [7, 11) is 2.16. The van der Waals surface area contributed by atoms with Crippen LogP contribution in [0.15, 0.2) is 24.3 Å². The van der Waals surface area contributed by atoms with E-state index in [9.17, 15) is 0 Å². The van der Waals surface area contributed by atoms with Crippen molar-refractivity contribution in [2.75, 3.05) is 38.1 Å². The number of nitrogens with two attached hydrogens (primary N) is 1. The number of para-hydroxylation sites is 1. The Bertz CT molecular complexity index is 396. The highest BCUT2D eigenvalue weighted by Crippen LogP contribution is 2.27. The molecule has 100 valence electrons. The number of halogens is 1. The molecule has 1 aliphatic rings. The van der Waals surface area contributed by atoms with Crippen molar-refractivity contribution in [3.63, 3.8) is 0 Å². The normalized spacial score (nSPS) is 26.1. The summed E-state index contributed by atoms with van der Waals surface area (Å²) in [5.74, 6) is 0.614. The van der Waals surface area contributed by atoms with Gasteiger partial charge in [-0.2, -0.15) is 0 Å². The van der Waals surface area contributed by atoms with Gasteiger partial charge in [0.2, 0.25) is 0 Å².